The third kappa shape index (κ3) is 5.46. The number of carbonyl (C=O) groups excluding carboxylic acids is 2. The number of anilines is 1. The van der Waals surface area contributed by atoms with Crippen LogP contribution in [0.4, 0.5) is 10.1 Å². The normalized spacial score (nSPS) is 10.2. The number of amides is 2. The minimum atomic E-state index is -0.325. The molecule has 0 saturated heterocycles. The molecule has 0 radical (unpaired) electrons. The number of nitrogens with one attached hydrogen (secondary N) is 2. The molecule has 25 heavy (non-hydrogen) atoms. The van der Waals surface area contributed by atoms with Crippen molar-refractivity contribution in [2.45, 2.75) is 17.9 Å². The van der Waals surface area contributed by atoms with Crippen molar-refractivity contribution in [2.75, 3.05) is 11.6 Å². The number of rotatable bonds is 7. The Balaban J connectivity index is 1.92. The van der Waals surface area contributed by atoms with Crippen molar-refractivity contribution in [1.29, 1.82) is 0 Å². The molecule has 0 saturated carbocycles. The number of halogens is 1. The summed E-state index contributed by atoms with van der Waals surface area (Å²) in [7, 11) is 0. The summed E-state index contributed by atoms with van der Waals surface area (Å²) in [6.07, 6.45) is 3.23. The van der Waals surface area contributed by atoms with E-state index in [1.165, 1.54) is 23.9 Å². The standard InChI is InChI=1S/C19H19FN2O2S/c1-3-18(23)22-14-9-7-13(8-10-14)11-19(24)21-12-15-16(20)5-4-6-17(15)25-2/h3-10H,1,11-12H2,2H3,(H,21,24)(H,22,23). The molecule has 0 aliphatic carbocycles. The van der Waals surface area contributed by atoms with Gasteiger partial charge in [0, 0.05) is 22.7 Å². The van der Waals surface area contributed by atoms with E-state index < -0.39 is 0 Å². The Labute approximate surface area is 150 Å². The molecule has 0 aromatic heterocycles. The second-order valence-corrected chi connectivity index (χ2v) is 6.11. The highest BCUT2D eigenvalue weighted by Crippen LogP contribution is 2.22. The summed E-state index contributed by atoms with van der Waals surface area (Å²) in [5, 5.41) is 5.38. The fourth-order valence-corrected chi connectivity index (χ4v) is 2.87. The van der Waals surface area contributed by atoms with E-state index in [2.05, 4.69) is 17.2 Å². The van der Waals surface area contributed by atoms with Crippen LogP contribution in [0.25, 0.3) is 0 Å². The highest BCUT2D eigenvalue weighted by atomic mass is 32.2. The van der Waals surface area contributed by atoms with E-state index >= 15 is 0 Å². The zero-order valence-corrected chi connectivity index (χ0v) is 14.7. The van der Waals surface area contributed by atoms with E-state index in [1.54, 1.807) is 30.3 Å². The highest BCUT2D eigenvalue weighted by molar-refractivity contribution is 7.98. The third-order valence-electron chi connectivity index (χ3n) is 3.53. The van der Waals surface area contributed by atoms with Gasteiger partial charge in [0.05, 0.1) is 6.42 Å². The predicted molar refractivity (Wildman–Crippen MR) is 99.0 cm³/mol. The molecule has 2 aromatic carbocycles. The maximum Gasteiger partial charge on any atom is 0.247 e. The van der Waals surface area contributed by atoms with Gasteiger partial charge in [-0.2, -0.15) is 0 Å². The van der Waals surface area contributed by atoms with E-state index in [9.17, 15) is 14.0 Å². The van der Waals surface area contributed by atoms with Crippen molar-refractivity contribution < 1.29 is 14.0 Å². The Bertz CT molecular complexity index is 775. The highest BCUT2D eigenvalue weighted by Gasteiger charge is 2.10. The first-order valence-electron chi connectivity index (χ1n) is 7.64. The summed E-state index contributed by atoms with van der Waals surface area (Å²) in [5.41, 5.74) is 1.92. The number of carbonyl (C=O) groups is 2. The van der Waals surface area contributed by atoms with Crippen LogP contribution in [0.2, 0.25) is 0 Å². The summed E-state index contributed by atoms with van der Waals surface area (Å²) in [6.45, 7) is 3.53. The first-order valence-corrected chi connectivity index (χ1v) is 8.86. The van der Waals surface area contributed by atoms with E-state index in [4.69, 9.17) is 0 Å². The van der Waals surface area contributed by atoms with Gasteiger partial charge in [0.25, 0.3) is 0 Å². The van der Waals surface area contributed by atoms with Crippen LogP contribution in [0, 0.1) is 5.82 Å². The Hall–Kier alpha value is -2.60. The average molecular weight is 358 g/mol. The molecular formula is C19H19FN2O2S. The van der Waals surface area contributed by atoms with Crippen LogP contribution in [-0.2, 0) is 22.6 Å². The minimum absolute atomic E-state index is 0.148. The Kier molecular flexibility index (Phi) is 6.77. The van der Waals surface area contributed by atoms with E-state index in [0.29, 0.717) is 11.3 Å². The fourth-order valence-electron chi connectivity index (χ4n) is 2.24. The van der Waals surface area contributed by atoms with Gasteiger partial charge in [-0.05, 0) is 42.2 Å². The van der Waals surface area contributed by atoms with Crippen molar-refractivity contribution in [3.05, 3.63) is 72.1 Å². The van der Waals surface area contributed by atoms with Gasteiger partial charge in [0.1, 0.15) is 5.82 Å². The lowest BCUT2D eigenvalue weighted by Crippen LogP contribution is -2.25. The Morgan fingerprint density at radius 3 is 2.56 bits per heavy atom. The summed E-state index contributed by atoms with van der Waals surface area (Å²) >= 11 is 1.44. The molecule has 0 bridgehead atoms. The maximum atomic E-state index is 13.9. The van der Waals surface area contributed by atoms with Crippen LogP contribution in [0.15, 0.2) is 60.0 Å². The largest absolute Gasteiger partial charge is 0.352 e. The monoisotopic (exact) mass is 358 g/mol. The lowest BCUT2D eigenvalue weighted by molar-refractivity contribution is -0.120. The lowest BCUT2D eigenvalue weighted by atomic mass is 10.1. The van der Waals surface area contributed by atoms with E-state index in [-0.39, 0.29) is 30.6 Å². The van der Waals surface area contributed by atoms with Gasteiger partial charge >= 0.3 is 0 Å². The summed E-state index contributed by atoms with van der Waals surface area (Å²) in [5.74, 6) is -0.812. The van der Waals surface area contributed by atoms with Gasteiger partial charge in [-0.25, -0.2) is 4.39 Å². The van der Waals surface area contributed by atoms with Crippen LogP contribution in [0.3, 0.4) is 0 Å². The zero-order valence-electron chi connectivity index (χ0n) is 13.8. The molecule has 0 unspecified atom stereocenters. The van der Waals surface area contributed by atoms with Crippen LogP contribution < -0.4 is 10.6 Å². The molecule has 2 aromatic rings. The number of thioether (sulfide) groups is 1. The number of hydrogen-bond donors (Lipinski definition) is 2. The molecule has 2 amide bonds. The van der Waals surface area contributed by atoms with E-state index in [0.717, 1.165) is 10.5 Å². The number of benzene rings is 2. The zero-order chi connectivity index (χ0) is 18.2. The molecule has 0 heterocycles. The smallest absolute Gasteiger partial charge is 0.247 e. The minimum Gasteiger partial charge on any atom is -0.352 e. The maximum absolute atomic E-state index is 13.9. The molecule has 2 rings (SSSR count). The van der Waals surface area contributed by atoms with Crippen molar-refractivity contribution in [3.8, 4) is 0 Å². The first kappa shape index (κ1) is 18.7. The quantitative estimate of drug-likeness (QED) is 0.588. The van der Waals surface area contributed by atoms with Crippen LogP contribution in [0.1, 0.15) is 11.1 Å². The van der Waals surface area contributed by atoms with Gasteiger partial charge < -0.3 is 10.6 Å². The molecule has 130 valence electrons. The summed E-state index contributed by atoms with van der Waals surface area (Å²) < 4.78 is 13.9. The topological polar surface area (TPSA) is 58.2 Å². The van der Waals surface area contributed by atoms with Crippen molar-refractivity contribution in [2.24, 2.45) is 0 Å². The van der Waals surface area contributed by atoms with Crippen molar-refractivity contribution >= 4 is 29.3 Å². The molecular weight excluding hydrogens is 339 g/mol. The Morgan fingerprint density at radius 1 is 1.20 bits per heavy atom. The van der Waals surface area contributed by atoms with Crippen molar-refractivity contribution in [1.82, 2.24) is 5.32 Å². The molecule has 2 N–H and O–H groups in total. The van der Waals surface area contributed by atoms with Gasteiger partial charge in [-0.3, -0.25) is 9.59 Å². The third-order valence-corrected chi connectivity index (χ3v) is 4.35. The van der Waals surface area contributed by atoms with Gasteiger partial charge in [0.15, 0.2) is 0 Å². The van der Waals surface area contributed by atoms with Crippen LogP contribution >= 0.6 is 11.8 Å². The van der Waals surface area contributed by atoms with Crippen LogP contribution in [0.5, 0.6) is 0 Å². The lowest BCUT2D eigenvalue weighted by Gasteiger charge is -2.10. The van der Waals surface area contributed by atoms with Crippen molar-refractivity contribution in [3.63, 3.8) is 0 Å². The first-order chi connectivity index (χ1) is 12.0. The van der Waals surface area contributed by atoms with Gasteiger partial charge in [0.2, 0.25) is 11.8 Å². The fraction of sp³-hybridized carbons (Fsp3) is 0.158. The second kappa shape index (κ2) is 9.03. The average Bonchev–Trinajstić information content (AvgIpc) is 2.62. The molecule has 4 nitrogen and oxygen atoms in total. The number of hydrogen-bond acceptors (Lipinski definition) is 3. The molecule has 0 aliphatic rings. The Morgan fingerprint density at radius 2 is 1.92 bits per heavy atom. The molecule has 0 atom stereocenters. The second-order valence-electron chi connectivity index (χ2n) is 5.26. The molecule has 0 aliphatic heterocycles. The van der Waals surface area contributed by atoms with Crippen LogP contribution in [-0.4, -0.2) is 18.1 Å². The molecule has 0 fully saturated rings. The predicted octanol–water partition coefficient (Wildman–Crippen LogP) is 3.53. The summed E-state index contributed by atoms with van der Waals surface area (Å²) in [4.78, 5) is 24.1. The molecule has 0 spiro atoms. The van der Waals surface area contributed by atoms with Gasteiger partial charge in [-0.1, -0.05) is 24.8 Å². The molecule has 6 heteroatoms. The SMILES string of the molecule is C=CC(=O)Nc1ccc(CC(=O)NCc2c(F)cccc2SC)cc1. The van der Waals surface area contributed by atoms with E-state index in [1.807, 2.05) is 12.3 Å². The summed E-state index contributed by atoms with van der Waals surface area (Å²) in [6, 6.07) is 11.8. The van der Waals surface area contributed by atoms with Gasteiger partial charge in [-0.15, -0.1) is 11.8 Å².